The topological polar surface area (TPSA) is 70.0 Å². The van der Waals surface area contributed by atoms with Crippen molar-refractivity contribution >= 4 is 17.5 Å². The van der Waals surface area contributed by atoms with Gasteiger partial charge in [-0.1, -0.05) is 0 Å². The quantitative estimate of drug-likeness (QED) is 0.423. The molecule has 1 fully saturated rings. The van der Waals surface area contributed by atoms with E-state index in [0.717, 1.165) is 12.8 Å². The molecule has 2 aliphatic heterocycles. The van der Waals surface area contributed by atoms with E-state index in [4.69, 9.17) is 0 Å². The van der Waals surface area contributed by atoms with Crippen LogP contribution in [0, 0.1) is 5.92 Å². The number of nitrogens with zero attached hydrogens (tertiary/aromatic N) is 2. The Morgan fingerprint density at radius 3 is 3.00 bits per heavy atom. The minimum atomic E-state index is -0.850. The molecule has 0 radical (unpaired) electrons. The first kappa shape index (κ1) is 8.37. The SMILES string of the molecule is O=C1CC2CCCN=C2N(O)C1=O. The van der Waals surface area contributed by atoms with E-state index in [9.17, 15) is 14.8 Å². The van der Waals surface area contributed by atoms with Gasteiger partial charge in [0.15, 0.2) is 0 Å². The number of fused-ring (bicyclic) bond motifs is 1. The van der Waals surface area contributed by atoms with E-state index in [1.54, 1.807) is 0 Å². The van der Waals surface area contributed by atoms with Crippen LogP contribution in [0.25, 0.3) is 0 Å². The van der Waals surface area contributed by atoms with Crippen LogP contribution < -0.4 is 0 Å². The summed E-state index contributed by atoms with van der Waals surface area (Å²) in [5, 5.41) is 9.69. The van der Waals surface area contributed by atoms with E-state index in [2.05, 4.69) is 4.99 Å². The van der Waals surface area contributed by atoms with Gasteiger partial charge in [0.1, 0.15) is 5.84 Å². The largest absolute Gasteiger partial charge is 0.319 e. The average Bonchev–Trinajstić information content (AvgIpc) is 2.15. The predicted octanol–water partition coefficient (Wildman–Crippen LogP) is -0.0145. The molecule has 70 valence electrons. The Morgan fingerprint density at radius 2 is 2.23 bits per heavy atom. The summed E-state index contributed by atoms with van der Waals surface area (Å²) in [6.07, 6.45) is 1.95. The molecule has 1 unspecified atom stereocenters. The molecule has 5 heteroatoms. The molecular formula is C8H10N2O3. The standard InChI is InChI=1S/C8H10N2O3/c11-6-4-5-2-1-3-9-7(5)10(13)8(6)12/h5,13H,1-4H2. The first-order valence-corrected chi connectivity index (χ1v) is 4.30. The van der Waals surface area contributed by atoms with Crippen LogP contribution in [0.5, 0.6) is 0 Å². The number of Topliss-reactive ketones (excluding diaryl/α,β-unsaturated/α-hetero) is 1. The lowest BCUT2D eigenvalue weighted by Crippen LogP contribution is -2.49. The van der Waals surface area contributed by atoms with Crippen LogP contribution >= 0.6 is 0 Å². The summed E-state index contributed by atoms with van der Waals surface area (Å²) in [4.78, 5) is 26.1. The molecule has 0 bridgehead atoms. The minimum absolute atomic E-state index is 0.0519. The van der Waals surface area contributed by atoms with Crippen molar-refractivity contribution in [3.63, 3.8) is 0 Å². The highest BCUT2D eigenvalue weighted by molar-refractivity contribution is 6.40. The van der Waals surface area contributed by atoms with Gasteiger partial charge in [0.2, 0.25) is 5.78 Å². The molecule has 1 amide bonds. The van der Waals surface area contributed by atoms with E-state index in [-0.39, 0.29) is 12.3 Å². The van der Waals surface area contributed by atoms with Gasteiger partial charge in [0.05, 0.1) is 0 Å². The molecule has 0 aliphatic carbocycles. The highest BCUT2D eigenvalue weighted by Crippen LogP contribution is 2.24. The summed E-state index contributed by atoms with van der Waals surface area (Å²) in [6.45, 7) is 0.629. The molecule has 5 nitrogen and oxygen atoms in total. The number of amides is 1. The molecule has 0 aromatic rings. The van der Waals surface area contributed by atoms with Gasteiger partial charge in [0, 0.05) is 18.9 Å². The van der Waals surface area contributed by atoms with Crippen molar-refractivity contribution in [2.75, 3.05) is 6.54 Å². The van der Waals surface area contributed by atoms with E-state index in [1.165, 1.54) is 0 Å². The lowest BCUT2D eigenvalue weighted by Gasteiger charge is -2.30. The number of piperidine rings is 1. The molecule has 1 atom stereocenters. The Labute approximate surface area is 75.0 Å². The smallest absolute Gasteiger partial charge is 0.289 e. The van der Waals surface area contributed by atoms with Gasteiger partial charge >= 0.3 is 5.91 Å². The van der Waals surface area contributed by atoms with E-state index in [0.29, 0.717) is 17.4 Å². The summed E-state index contributed by atoms with van der Waals surface area (Å²) in [7, 11) is 0. The summed E-state index contributed by atoms with van der Waals surface area (Å²) >= 11 is 0. The van der Waals surface area contributed by atoms with Crippen LogP contribution in [0.3, 0.4) is 0 Å². The molecule has 1 N–H and O–H groups in total. The average molecular weight is 182 g/mol. The Kier molecular flexibility index (Phi) is 1.88. The van der Waals surface area contributed by atoms with Gasteiger partial charge in [0.25, 0.3) is 0 Å². The molecule has 0 aromatic heterocycles. The van der Waals surface area contributed by atoms with Crippen molar-refractivity contribution < 1.29 is 14.8 Å². The molecule has 2 aliphatic rings. The van der Waals surface area contributed by atoms with Crippen molar-refractivity contribution in [1.82, 2.24) is 5.06 Å². The lowest BCUT2D eigenvalue weighted by molar-refractivity contribution is -0.161. The molecular weight excluding hydrogens is 172 g/mol. The number of hydrogen-bond donors (Lipinski definition) is 1. The van der Waals surface area contributed by atoms with Gasteiger partial charge in [-0.2, -0.15) is 5.06 Å². The lowest BCUT2D eigenvalue weighted by atomic mass is 9.90. The van der Waals surface area contributed by atoms with Crippen LogP contribution in [0.4, 0.5) is 0 Å². The van der Waals surface area contributed by atoms with Crippen molar-refractivity contribution in [2.45, 2.75) is 19.3 Å². The fraction of sp³-hybridized carbons (Fsp3) is 0.625. The van der Waals surface area contributed by atoms with Crippen molar-refractivity contribution in [1.29, 1.82) is 0 Å². The second-order valence-electron chi connectivity index (χ2n) is 3.32. The number of ketones is 1. The van der Waals surface area contributed by atoms with E-state index < -0.39 is 11.7 Å². The fourth-order valence-corrected chi connectivity index (χ4v) is 1.76. The molecule has 1 saturated heterocycles. The van der Waals surface area contributed by atoms with Gasteiger partial charge < -0.3 is 0 Å². The molecule has 0 saturated carbocycles. The Morgan fingerprint density at radius 1 is 1.46 bits per heavy atom. The number of rotatable bonds is 0. The number of carbonyl (C=O) groups excluding carboxylic acids is 2. The highest BCUT2D eigenvalue weighted by atomic mass is 16.5. The maximum Gasteiger partial charge on any atom is 0.319 e. The first-order chi connectivity index (χ1) is 6.20. The predicted molar refractivity (Wildman–Crippen MR) is 43.3 cm³/mol. The van der Waals surface area contributed by atoms with Crippen LogP contribution in [-0.2, 0) is 9.59 Å². The third-order valence-electron chi connectivity index (χ3n) is 2.43. The van der Waals surface area contributed by atoms with Gasteiger partial charge in [-0.05, 0) is 12.8 Å². The molecule has 2 heterocycles. The Balaban J connectivity index is 2.30. The number of hydroxylamine groups is 2. The van der Waals surface area contributed by atoms with Crippen molar-refractivity contribution in [3.8, 4) is 0 Å². The molecule has 13 heavy (non-hydrogen) atoms. The third-order valence-corrected chi connectivity index (χ3v) is 2.43. The second-order valence-corrected chi connectivity index (χ2v) is 3.32. The zero-order valence-corrected chi connectivity index (χ0v) is 7.06. The van der Waals surface area contributed by atoms with Gasteiger partial charge in [-0.25, -0.2) is 0 Å². The van der Waals surface area contributed by atoms with E-state index >= 15 is 0 Å². The molecule has 2 rings (SSSR count). The normalized spacial score (nSPS) is 28.5. The monoisotopic (exact) mass is 182 g/mol. The number of hydrogen-bond acceptors (Lipinski definition) is 4. The number of aliphatic imine (C=N–C) groups is 1. The Hall–Kier alpha value is -1.23. The molecule has 0 spiro atoms. The highest BCUT2D eigenvalue weighted by Gasteiger charge is 2.38. The van der Waals surface area contributed by atoms with Crippen molar-refractivity contribution in [3.05, 3.63) is 0 Å². The maximum atomic E-state index is 11.1. The van der Waals surface area contributed by atoms with Crippen LogP contribution in [0.15, 0.2) is 4.99 Å². The summed E-state index contributed by atoms with van der Waals surface area (Å²) in [6, 6.07) is 0. The van der Waals surface area contributed by atoms with Crippen LogP contribution in [-0.4, -0.2) is 34.3 Å². The first-order valence-electron chi connectivity index (χ1n) is 4.30. The van der Waals surface area contributed by atoms with Crippen LogP contribution in [0.1, 0.15) is 19.3 Å². The van der Waals surface area contributed by atoms with E-state index in [1.807, 2.05) is 0 Å². The second kappa shape index (κ2) is 2.92. The van der Waals surface area contributed by atoms with Crippen LogP contribution in [0.2, 0.25) is 0 Å². The zero-order chi connectivity index (χ0) is 9.42. The van der Waals surface area contributed by atoms with Gasteiger partial charge in [-0.15, -0.1) is 0 Å². The van der Waals surface area contributed by atoms with Gasteiger partial charge in [-0.3, -0.25) is 19.8 Å². The third kappa shape index (κ3) is 1.25. The zero-order valence-electron chi connectivity index (χ0n) is 7.06. The minimum Gasteiger partial charge on any atom is -0.289 e. The summed E-state index contributed by atoms with van der Waals surface area (Å²) in [5.74, 6) is -1.05. The summed E-state index contributed by atoms with van der Waals surface area (Å²) < 4.78 is 0. The Bertz CT molecular complexity index is 298. The number of carbonyl (C=O) groups is 2. The molecule has 0 aromatic carbocycles. The fourth-order valence-electron chi connectivity index (χ4n) is 1.76. The van der Waals surface area contributed by atoms with Crippen molar-refractivity contribution in [2.24, 2.45) is 10.9 Å². The maximum absolute atomic E-state index is 11.1. The summed E-state index contributed by atoms with van der Waals surface area (Å²) in [5.41, 5.74) is 0. The number of amidine groups is 1.